The summed E-state index contributed by atoms with van der Waals surface area (Å²) in [4.78, 5) is 11.9. The number of esters is 1. The molecule has 1 saturated heterocycles. The van der Waals surface area contributed by atoms with Crippen LogP contribution in [0, 0.1) is 41.4 Å². The predicted octanol–water partition coefficient (Wildman–Crippen LogP) is 4.81. The van der Waals surface area contributed by atoms with Gasteiger partial charge < -0.3 is 14.2 Å². The Morgan fingerprint density at radius 3 is 2.56 bits per heavy atom. The second-order valence-electron chi connectivity index (χ2n) is 9.59. The van der Waals surface area contributed by atoms with Crippen molar-refractivity contribution in [2.24, 2.45) is 41.4 Å². The molecule has 4 fully saturated rings. The van der Waals surface area contributed by atoms with Gasteiger partial charge in [-0.1, -0.05) is 39.5 Å². The zero-order chi connectivity index (χ0) is 18.8. The summed E-state index contributed by atoms with van der Waals surface area (Å²) in [5.74, 6) is 6.96. The van der Waals surface area contributed by atoms with Crippen molar-refractivity contribution in [1.82, 2.24) is 0 Å². The molecule has 3 saturated carbocycles. The molecule has 0 aromatic heterocycles. The summed E-state index contributed by atoms with van der Waals surface area (Å²) in [5.41, 5.74) is 0. The summed E-state index contributed by atoms with van der Waals surface area (Å²) in [7, 11) is 0. The van der Waals surface area contributed by atoms with Crippen LogP contribution < -0.4 is 0 Å². The number of hydrogen-bond donors (Lipinski definition) is 0. The fraction of sp³-hybridized carbons (Fsp3) is 0.957. The standard InChI is InChI=1S/C23H38O4/c1-3-15-9-16(4-2)23-20-11-18(22(15)23)10-17(20)7-5-6-8-21(24)26-13-19-12-25-14-27-19/h15-20,22-23H,3-14H2,1-2H3. The lowest BCUT2D eigenvalue weighted by Gasteiger charge is -2.36. The molecule has 4 nitrogen and oxygen atoms in total. The Hall–Kier alpha value is -0.610. The van der Waals surface area contributed by atoms with Crippen LogP contribution in [0.3, 0.4) is 0 Å². The smallest absolute Gasteiger partial charge is 0.305 e. The minimum atomic E-state index is -0.0777. The van der Waals surface area contributed by atoms with Crippen LogP contribution in [0.1, 0.15) is 71.6 Å². The van der Waals surface area contributed by atoms with E-state index in [1.165, 1.54) is 44.9 Å². The predicted molar refractivity (Wildman–Crippen MR) is 104 cm³/mol. The van der Waals surface area contributed by atoms with Gasteiger partial charge in [0.25, 0.3) is 0 Å². The highest BCUT2D eigenvalue weighted by atomic mass is 16.7. The molecule has 0 N–H and O–H groups in total. The molecule has 4 aliphatic rings. The third-order valence-corrected chi connectivity index (χ3v) is 8.34. The molecule has 0 amide bonds. The zero-order valence-corrected chi connectivity index (χ0v) is 17.2. The molecule has 8 atom stereocenters. The topological polar surface area (TPSA) is 44.8 Å². The number of carbonyl (C=O) groups is 1. The van der Waals surface area contributed by atoms with Crippen molar-refractivity contribution in [2.75, 3.05) is 20.0 Å². The Morgan fingerprint density at radius 1 is 1.00 bits per heavy atom. The van der Waals surface area contributed by atoms with Crippen LogP contribution in [-0.2, 0) is 19.0 Å². The Morgan fingerprint density at radius 2 is 1.81 bits per heavy atom. The van der Waals surface area contributed by atoms with Crippen LogP contribution >= 0.6 is 0 Å². The molecule has 2 bridgehead atoms. The first-order valence-electron chi connectivity index (χ1n) is 11.6. The normalized spacial score (nSPS) is 42.6. The highest BCUT2D eigenvalue weighted by Gasteiger charge is 2.58. The third-order valence-electron chi connectivity index (χ3n) is 8.34. The summed E-state index contributed by atoms with van der Waals surface area (Å²) in [5, 5.41) is 0. The van der Waals surface area contributed by atoms with E-state index in [0.717, 1.165) is 47.8 Å². The Kier molecular flexibility index (Phi) is 6.43. The van der Waals surface area contributed by atoms with E-state index in [2.05, 4.69) is 13.8 Å². The van der Waals surface area contributed by atoms with Gasteiger partial charge in [-0.3, -0.25) is 4.79 Å². The fourth-order valence-electron chi connectivity index (χ4n) is 7.27. The maximum Gasteiger partial charge on any atom is 0.305 e. The first-order valence-corrected chi connectivity index (χ1v) is 11.6. The number of rotatable bonds is 9. The second kappa shape index (κ2) is 8.82. The quantitative estimate of drug-likeness (QED) is 0.427. The second-order valence-corrected chi connectivity index (χ2v) is 9.59. The molecule has 1 aliphatic heterocycles. The largest absolute Gasteiger partial charge is 0.463 e. The number of carbonyl (C=O) groups excluding carboxylic acids is 1. The van der Waals surface area contributed by atoms with Crippen LogP contribution in [0.4, 0.5) is 0 Å². The van der Waals surface area contributed by atoms with E-state index in [0.29, 0.717) is 26.4 Å². The molecule has 4 heteroatoms. The molecule has 4 rings (SSSR count). The monoisotopic (exact) mass is 378 g/mol. The molecule has 0 aromatic rings. The van der Waals surface area contributed by atoms with Gasteiger partial charge in [-0.25, -0.2) is 0 Å². The average Bonchev–Trinajstić information content (AvgIpc) is 3.45. The SMILES string of the molecule is CCC1CC(CC)C2C3CC(CC3CCCCC(=O)OCC3COCO3)C12. The summed E-state index contributed by atoms with van der Waals surface area (Å²) >= 11 is 0. The van der Waals surface area contributed by atoms with Crippen LogP contribution in [0.15, 0.2) is 0 Å². The van der Waals surface area contributed by atoms with Crippen molar-refractivity contribution in [3.8, 4) is 0 Å². The van der Waals surface area contributed by atoms with Gasteiger partial charge in [0.2, 0.25) is 0 Å². The van der Waals surface area contributed by atoms with Crippen molar-refractivity contribution in [3.63, 3.8) is 0 Å². The first kappa shape index (κ1) is 19.7. The molecule has 0 aromatic carbocycles. The van der Waals surface area contributed by atoms with Gasteiger partial charge in [0.15, 0.2) is 0 Å². The molecule has 3 aliphatic carbocycles. The molecule has 8 unspecified atom stereocenters. The molecule has 0 spiro atoms. The van der Waals surface area contributed by atoms with Gasteiger partial charge in [0, 0.05) is 6.42 Å². The molecule has 1 heterocycles. The van der Waals surface area contributed by atoms with E-state index in [1.807, 2.05) is 0 Å². The lowest BCUT2D eigenvalue weighted by Crippen LogP contribution is -2.30. The maximum absolute atomic E-state index is 11.9. The van der Waals surface area contributed by atoms with Crippen LogP contribution in [0.5, 0.6) is 0 Å². The molecule has 154 valence electrons. The van der Waals surface area contributed by atoms with E-state index in [4.69, 9.17) is 14.2 Å². The molecular weight excluding hydrogens is 340 g/mol. The summed E-state index contributed by atoms with van der Waals surface area (Å²) in [6.07, 6.45) is 11.2. The van der Waals surface area contributed by atoms with Gasteiger partial charge in [-0.05, 0) is 67.1 Å². The van der Waals surface area contributed by atoms with E-state index < -0.39 is 0 Å². The molecule has 0 radical (unpaired) electrons. The minimum absolute atomic E-state index is 0.0687. The summed E-state index contributed by atoms with van der Waals surface area (Å²) in [6, 6.07) is 0. The van der Waals surface area contributed by atoms with Crippen molar-refractivity contribution in [3.05, 3.63) is 0 Å². The number of ether oxygens (including phenoxy) is 3. The fourth-order valence-corrected chi connectivity index (χ4v) is 7.27. The average molecular weight is 379 g/mol. The maximum atomic E-state index is 11.9. The van der Waals surface area contributed by atoms with Gasteiger partial charge >= 0.3 is 5.97 Å². The highest BCUT2D eigenvalue weighted by Crippen LogP contribution is 2.66. The van der Waals surface area contributed by atoms with Gasteiger partial charge in [0.1, 0.15) is 19.5 Å². The molecule has 27 heavy (non-hydrogen) atoms. The Balaban J connectivity index is 1.17. The molecular formula is C23H38O4. The number of hydrogen-bond acceptors (Lipinski definition) is 4. The van der Waals surface area contributed by atoms with Crippen molar-refractivity contribution < 1.29 is 19.0 Å². The van der Waals surface area contributed by atoms with Crippen molar-refractivity contribution in [2.45, 2.75) is 77.7 Å². The number of fused-ring (bicyclic) bond motifs is 5. The summed E-state index contributed by atoms with van der Waals surface area (Å²) < 4.78 is 15.7. The van der Waals surface area contributed by atoms with Gasteiger partial charge in [0.05, 0.1) is 6.61 Å². The lowest BCUT2D eigenvalue weighted by molar-refractivity contribution is -0.146. The van der Waals surface area contributed by atoms with E-state index in [9.17, 15) is 4.79 Å². The Bertz CT molecular complexity index is 501. The van der Waals surface area contributed by atoms with E-state index >= 15 is 0 Å². The van der Waals surface area contributed by atoms with Crippen LogP contribution in [0.25, 0.3) is 0 Å². The van der Waals surface area contributed by atoms with E-state index in [-0.39, 0.29) is 12.1 Å². The summed E-state index contributed by atoms with van der Waals surface area (Å²) in [6.45, 7) is 6.03. The van der Waals surface area contributed by atoms with Gasteiger partial charge in [-0.2, -0.15) is 0 Å². The van der Waals surface area contributed by atoms with Gasteiger partial charge in [-0.15, -0.1) is 0 Å². The van der Waals surface area contributed by atoms with E-state index in [1.54, 1.807) is 0 Å². The Labute approximate surface area is 164 Å². The van der Waals surface area contributed by atoms with Crippen LogP contribution in [-0.4, -0.2) is 32.1 Å². The third kappa shape index (κ3) is 4.07. The first-order chi connectivity index (χ1) is 13.2. The highest BCUT2D eigenvalue weighted by molar-refractivity contribution is 5.69. The lowest BCUT2D eigenvalue weighted by atomic mass is 9.69. The number of unbranched alkanes of at least 4 members (excludes halogenated alkanes) is 1. The van der Waals surface area contributed by atoms with Crippen LogP contribution in [0.2, 0.25) is 0 Å². The minimum Gasteiger partial charge on any atom is -0.463 e. The van der Waals surface area contributed by atoms with Crippen molar-refractivity contribution in [1.29, 1.82) is 0 Å². The van der Waals surface area contributed by atoms with Crippen molar-refractivity contribution >= 4 is 5.97 Å². The zero-order valence-electron chi connectivity index (χ0n) is 17.2.